The normalized spacial score (nSPS) is 12.2. The molecular formula is C17H8BrCl2N3OS. The smallest absolute Gasteiger partial charge is 0.266 e. The summed E-state index contributed by atoms with van der Waals surface area (Å²) in [4.78, 5) is 17.6. The molecule has 4 rings (SSSR count). The maximum Gasteiger partial charge on any atom is 0.291 e. The zero-order valence-corrected chi connectivity index (χ0v) is 16.3. The topological polar surface area (TPSA) is 47.3 Å². The van der Waals surface area contributed by atoms with Gasteiger partial charge in [0.15, 0.2) is 5.82 Å². The van der Waals surface area contributed by atoms with Crippen molar-refractivity contribution in [2.75, 3.05) is 0 Å². The predicted octanol–water partition coefficient (Wildman–Crippen LogP) is 4.44. The van der Waals surface area contributed by atoms with Crippen LogP contribution < -0.4 is 10.1 Å². The summed E-state index contributed by atoms with van der Waals surface area (Å²) in [6, 6.07) is 12.8. The highest BCUT2D eigenvalue weighted by Crippen LogP contribution is 2.23. The molecule has 0 aliphatic carbocycles. The molecule has 0 saturated carbocycles. The number of hydrogen-bond donors (Lipinski definition) is 0. The molecular weight excluding hydrogens is 445 g/mol. The number of thiazole rings is 1. The first-order chi connectivity index (χ1) is 12.0. The standard InChI is InChI=1S/C17H8BrCl2N3OS/c18-11-4-2-10(3-5-11)15-21-17-23(22-15)16(24)14(25-17)8-9-1-6-12(19)13(20)7-9/h1-8H. The van der Waals surface area contributed by atoms with Crippen molar-refractivity contribution in [3.63, 3.8) is 0 Å². The van der Waals surface area contributed by atoms with Gasteiger partial charge in [-0.25, -0.2) is 0 Å². The van der Waals surface area contributed by atoms with E-state index in [0.29, 0.717) is 25.4 Å². The van der Waals surface area contributed by atoms with Crippen LogP contribution in [0.5, 0.6) is 0 Å². The van der Waals surface area contributed by atoms with Gasteiger partial charge in [0.05, 0.1) is 14.6 Å². The largest absolute Gasteiger partial charge is 0.291 e. The maximum atomic E-state index is 12.6. The van der Waals surface area contributed by atoms with Crippen molar-refractivity contribution in [1.82, 2.24) is 14.6 Å². The summed E-state index contributed by atoms with van der Waals surface area (Å²) in [5, 5.41) is 5.25. The van der Waals surface area contributed by atoms with Crippen molar-refractivity contribution >= 4 is 61.5 Å². The molecule has 0 bridgehead atoms. The second kappa shape index (κ2) is 6.53. The number of aromatic nitrogens is 3. The highest BCUT2D eigenvalue weighted by molar-refractivity contribution is 9.10. The van der Waals surface area contributed by atoms with Gasteiger partial charge in [-0.3, -0.25) is 4.79 Å². The third kappa shape index (κ3) is 3.22. The third-order valence-electron chi connectivity index (χ3n) is 3.53. The molecule has 8 heteroatoms. The van der Waals surface area contributed by atoms with Crippen LogP contribution in [0.4, 0.5) is 0 Å². The highest BCUT2D eigenvalue weighted by atomic mass is 79.9. The summed E-state index contributed by atoms with van der Waals surface area (Å²) in [5.74, 6) is 0.525. The number of rotatable bonds is 2. The molecule has 4 aromatic rings. The van der Waals surface area contributed by atoms with Crippen LogP contribution >= 0.6 is 50.5 Å². The number of fused-ring (bicyclic) bond motifs is 1. The molecule has 2 heterocycles. The number of benzene rings is 2. The summed E-state index contributed by atoms with van der Waals surface area (Å²) in [7, 11) is 0. The zero-order chi connectivity index (χ0) is 17.6. The Hall–Kier alpha value is -1.73. The summed E-state index contributed by atoms with van der Waals surface area (Å²) >= 11 is 16.6. The van der Waals surface area contributed by atoms with E-state index >= 15 is 0 Å². The van der Waals surface area contributed by atoms with Crippen LogP contribution in [0.3, 0.4) is 0 Å². The Morgan fingerprint density at radius 1 is 1.08 bits per heavy atom. The fraction of sp³-hybridized carbons (Fsp3) is 0. The molecule has 0 atom stereocenters. The van der Waals surface area contributed by atoms with Crippen LogP contribution in [0, 0.1) is 0 Å². The van der Waals surface area contributed by atoms with Gasteiger partial charge in [0.25, 0.3) is 5.56 Å². The Kier molecular flexibility index (Phi) is 4.37. The van der Waals surface area contributed by atoms with E-state index in [2.05, 4.69) is 26.0 Å². The Morgan fingerprint density at radius 2 is 1.84 bits per heavy atom. The lowest BCUT2D eigenvalue weighted by molar-refractivity contribution is 0.937. The van der Waals surface area contributed by atoms with E-state index in [9.17, 15) is 4.79 Å². The van der Waals surface area contributed by atoms with Gasteiger partial charge in [0.2, 0.25) is 4.96 Å². The Labute approximate surface area is 164 Å². The van der Waals surface area contributed by atoms with Crippen molar-refractivity contribution in [3.05, 3.63) is 77.4 Å². The summed E-state index contributed by atoms with van der Waals surface area (Å²) in [5.41, 5.74) is 1.44. The van der Waals surface area contributed by atoms with Gasteiger partial charge in [0, 0.05) is 10.0 Å². The summed E-state index contributed by atoms with van der Waals surface area (Å²) in [6.45, 7) is 0. The van der Waals surface area contributed by atoms with Gasteiger partial charge in [-0.2, -0.15) is 9.50 Å². The van der Waals surface area contributed by atoms with Crippen LogP contribution in [-0.2, 0) is 0 Å². The molecule has 0 N–H and O–H groups in total. The van der Waals surface area contributed by atoms with E-state index in [-0.39, 0.29) is 5.56 Å². The first kappa shape index (κ1) is 16.7. The van der Waals surface area contributed by atoms with Crippen LogP contribution in [0.15, 0.2) is 51.7 Å². The molecule has 0 amide bonds. The van der Waals surface area contributed by atoms with Gasteiger partial charge in [-0.05, 0) is 35.9 Å². The number of hydrogen-bond acceptors (Lipinski definition) is 4. The van der Waals surface area contributed by atoms with Gasteiger partial charge in [-0.1, -0.05) is 68.7 Å². The van der Waals surface area contributed by atoms with Crippen LogP contribution in [-0.4, -0.2) is 14.6 Å². The van der Waals surface area contributed by atoms with E-state index < -0.39 is 0 Å². The second-order valence-electron chi connectivity index (χ2n) is 5.23. The summed E-state index contributed by atoms with van der Waals surface area (Å²) in [6.07, 6.45) is 1.75. The van der Waals surface area contributed by atoms with E-state index in [0.717, 1.165) is 15.6 Å². The van der Waals surface area contributed by atoms with Crippen molar-refractivity contribution in [2.45, 2.75) is 0 Å². The second-order valence-corrected chi connectivity index (χ2v) is 7.97. The minimum absolute atomic E-state index is 0.207. The van der Waals surface area contributed by atoms with Crippen molar-refractivity contribution in [2.24, 2.45) is 0 Å². The number of nitrogens with zero attached hydrogens (tertiary/aromatic N) is 3. The molecule has 124 valence electrons. The lowest BCUT2D eigenvalue weighted by Crippen LogP contribution is -2.23. The third-order valence-corrected chi connectivity index (χ3v) is 5.75. The quantitative estimate of drug-likeness (QED) is 0.451. The van der Waals surface area contributed by atoms with E-state index in [1.165, 1.54) is 15.9 Å². The fourth-order valence-electron chi connectivity index (χ4n) is 2.31. The molecule has 0 spiro atoms. The fourth-order valence-corrected chi connectivity index (χ4v) is 3.79. The zero-order valence-electron chi connectivity index (χ0n) is 12.4. The molecule has 2 aromatic heterocycles. The highest BCUT2D eigenvalue weighted by Gasteiger charge is 2.12. The maximum absolute atomic E-state index is 12.6. The SMILES string of the molecule is O=c1c(=Cc2ccc(Cl)c(Cl)c2)sc2nc(-c3ccc(Br)cc3)nn12. The van der Waals surface area contributed by atoms with Crippen molar-refractivity contribution in [1.29, 1.82) is 0 Å². The van der Waals surface area contributed by atoms with Gasteiger partial charge in [0.1, 0.15) is 0 Å². The first-order valence-electron chi connectivity index (χ1n) is 7.13. The lowest BCUT2D eigenvalue weighted by Gasteiger charge is -1.96. The summed E-state index contributed by atoms with van der Waals surface area (Å²) < 4.78 is 2.84. The molecule has 4 nitrogen and oxygen atoms in total. The average molecular weight is 453 g/mol. The average Bonchev–Trinajstić information content (AvgIpc) is 3.12. The molecule has 0 radical (unpaired) electrons. The molecule has 0 aliphatic rings. The number of halogens is 3. The Bertz CT molecular complexity index is 1200. The molecule has 0 saturated heterocycles. The molecule has 0 unspecified atom stereocenters. The van der Waals surface area contributed by atoms with Crippen LogP contribution in [0.2, 0.25) is 10.0 Å². The Morgan fingerprint density at radius 3 is 2.52 bits per heavy atom. The van der Waals surface area contributed by atoms with E-state index in [1.807, 2.05) is 24.3 Å². The minimum Gasteiger partial charge on any atom is -0.266 e. The lowest BCUT2D eigenvalue weighted by atomic mass is 10.2. The minimum atomic E-state index is -0.207. The predicted molar refractivity (Wildman–Crippen MR) is 106 cm³/mol. The van der Waals surface area contributed by atoms with E-state index in [1.54, 1.807) is 24.3 Å². The Balaban J connectivity index is 1.80. The molecule has 0 fully saturated rings. The van der Waals surface area contributed by atoms with E-state index in [4.69, 9.17) is 23.2 Å². The van der Waals surface area contributed by atoms with Crippen LogP contribution in [0.1, 0.15) is 5.56 Å². The molecule has 2 aromatic carbocycles. The van der Waals surface area contributed by atoms with Gasteiger partial charge in [-0.15, -0.1) is 5.10 Å². The first-order valence-corrected chi connectivity index (χ1v) is 9.50. The monoisotopic (exact) mass is 451 g/mol. The van der Waals surface area contributed by atoms with Gasteiger partial charge < -0.3 is 0 Å². The van der Waals surface area contributed by atoms with Crippen molar-refractivity contribution < 1.29 is 0 Å². The molecule has 0 aliphatic heterocycles. The molecule has 25 heavy (non-hydrogen) atoms. The van der Waals surface area contributed by atoms with Gasteiger partial charge >= 0.3 is 0 Å². The van der Waals surface area contributed by atoms with Crippen LogP contribution in [0.25, 0.3) is 22.4 Å². The van der Waals surface area contributed by atoms with Crippen molar-refractivity contribution in [3.8, 4) is 11.4 Å².